The lowest BCUT2D eigenvalue weighted by atomic mass is 9.96. The van der Waals surface area contributed by atoms with Gasteiger partial charge in [0.1, 0.15) is 0 Å². The maximum atomic E-state index is 13.1. The van der Waals surface area contributed by atoms with Gasteiger partial charge in [-0.15, -0.1) is 0 Å². The molecule has 0 radical (unpaired) electrons. The number of carbonyl (C=O) groups is 1. The molecule has 1 saturated heterocycles. The van der Waals surface area contributed by atoms with Gasteiger partial charge in [0.15, 0.2) is 0 Å². The lowest BCUT2D eigenvalue weighted by Gasteiger charge is -2.27. The predicted molar refractivity (Wildman–Crippen MR) is 117 cm³/mol. The van der Waals surface area contributed by atoms with E-state index in [9.17, 15) is 13.2 Å². The number of benzene rings is 2. The number of hydrogen-bond donors (Lipinski definition) is 1. The van der Waals surface area contributed by atoms with Crippen LogP contribution >= 0.6 is 0 Å². The van der Waals surface area contributed by atoms with Crippen molar-refractivity contribution < 1.29 is 17.9 Å². The Kier molecular flexibility index (Phi) is 6.65. The highest BCUT2D eigenvalue weighted by Crippen LogP contribution is 2.24. The average molecular weight is 431 g/mol. The summed E-state index contributed by atoms with van der Waals surface area (Å²) in [5, 5.41) is 3.01. The number of carbonyl (C=O) groups excluding carboxylic acids is 1. The third-order valence-corrected chi connectivity index (χ3v) is 7.78. The van der Waals surface area contributed by atoms with E-state index in [-0.39, 0.29) is 16.8 Å². The van der Waals surface area contributed by atoms with Crippen LogP contribution in [0.3, 0.4) is 0 Å². The topological polar surface area (TPSA) is 75.7 Å². The van der Waals surface area contributed by atoms with Crippen molar-refractivity contribution >= 4 is 15.9 Å². The summed E-state index contributed by atoms with van der Waals surface area (Å²) in [4.78, 5) is 13.1. The molecule has 1 aliphatic rings. The maximum Gasteiger partial charge on any atom is 0.251 e. The van der Waals surface area contributed by atoms with Crippen molar-refractivity contribution in [3.8, 4) is 0 Å². The smallest absolute Gasteiger partial charge is 0.251 e. The third-order valence-electron chi connectivity index (χ3n) is 5.73. The second-order valence-electron chi connectivity index (χ2n) is 7.98. The normalized spacial score (nSPS) is 16.3. The van der Waals surface area contributed by atoms with Gasteiger partial charge in [-0.05, 0) is 74.6 Å². The quantitative estimate of drug-likeness (QED) is 0.789. The molecule has 2 aromatic carbocycles. The summed E-state index contributed by atoms with van der Waals surface area (Å²) in [5.74, 6) is -0.293. The van der Waals surface area contributed by atoms with Gasteiger partial charge in [-0.1, -0.05) is 18.2 Å². The molecule has 1 fully saturated rings. The molecule has 0 spiro atoms. The minimum Gasteiger partial charge on any atom is -0.379 e. The molecular weight excluding hydrogens is 400 g/mol. The summed E-state index contributed by atoms with van der Waals surface area (Å²) in [6, 6.07) is 8.86. The number of nitrogens with zero attached hydrogens (tertiary/aromatic N) is 1. The lowest BCUT2D eigenvalue weighted by molar-refractivity contribution is 0.0730. The van der Waals surface area contributed by atoms with Gasteiger partial charge in [0, 0.05) is 18.7 Å². The van der Waals surface area contributed by atoms with Crippen molar-refractivity contribution in [1.29, 1.82) is 0 Å². The number of rotatable bonds is 5. The van der Waals surface area contributed by atoms with Gasteiger partial charge >= 0.3 is 0 Å². The molecule has 3 rings (SSSR count). The summed E-state index contributed by atoms with van der Waals surface area (Å²) in [5.41, 5.74) is 5.51. The van der Waals surface area contributed by atoms with Crippen molar-refractivity contribution in [3.05, 3.63) is 63.7 Å². The third kappa shape index (κ3) is 4.58. The molecule has 0 bridgehead atoms. The summed E-state index contributed by atoms with van der Waals surface area (Å²) in [7, 11) is -3.67. The first kappa shape index (κ1) is 22.5. The Labute approximate surface area is 179 Å². The van der Waals surface area contributed by atoms with E-state index in [1.165, 1.54) is 21.5 Å². The van der Waals surface area contributed by atoms with E-state index in [0.29, 0.717) is 37.4 Å². The zero-order chi connectivity index (χ0) is 22.1. The summed E-state index contributed by atoms with van der Waals surface area (Å²) in [6.07, 6.45) is 0. The van der Waals surface area contributed by atoms with Crippen LogP contribution in [0.4, 0.5) is 0 Å². The molecule has 0 unspecified atom stereocenters. The van der Waals surface area contributed by atoms with Crippen LogP contribution in [0.1, 0.15) is 51.1 Å². The predicted octanol–water partition coefficient (Wildman–Crippen LogP) is 3.43. The number of nitrogens with one attached hydrogen (secondary N) is 1. The first-order valence-corrected chi connectivity index (χ1v) is 11.6. The van der Waals surface area contributed by atoms with Gasteiger partial charge < -0.3 is 10.1 Å². The Morgan fingerprint density at radius 3 is 2.27 bits per heavy atom. The molecule has 6 nitrogen and oxygen atoms in total. The van der Waals surface area contributed by atoms with E-state index in [2.05, 4.69) is 31.3 Å². The highest BCUT2D eigenvalue weighted by molar-refractivity contribution is 7.89. The minimum absolute atomic E-state index is 0.173. The van der Waals surface area contributed by atoms with Gasteiger partial charge in [0.25, 0.3) is 5.91 Å². The first-order chi connectivity index (χ1) is 14.1. The monoisotopic (exact) mass is 430 g/mol. The molecule has 1 N–H and O–H groups in total. The van der Waals surface area contributed by atoms with Crippen LogP contribution in [-0.4, -0.2) is 44.9 Å². The van der Waals surface area contributed by atoms with Gasteiger partial charge in [-0.25, -0.2) is 8.42 Å². The summed E-state index contributed by atoms with van der Waals surface area (Å²) >= 11 is 0. The summed E-state index contributed by atoms with van der Waals surface area (Å²) in [6.45, 7) is 11.2. The molecular formula is C23H30N2O4S. The molecule has 7 heteroatoms. The molecule has 2 aromatic rings. The second-order valence-corrected chi connectivity index (χ2v) is 9.89. The largest absolute Gasteiger partial charge is 0.379 e. The van der Waals surface area contributed by atoms with E-state index in [4.69, 9.17) is 4.74 Å². The molecule has 162 valence electrons. The van der Waals surface area contributed by atoms with Crippen molar-refractivity contribution in [1.82, 2.24) is 9.62 Å². The fourth-order valence-electron chi connectivity index (χ4n) is 3.75. The van der Waals surface area contributed by atoms with Crippen LogP contribution in [0.5, 0.6) is 0 Å². The molecule has 1 atom stereocenters. The summed E-state index contributed by atoms with van der Waals surface area (Å²) < 4.78 is 32.8. The van der Waals surface area contributed by atoms with Crippen LogP contribution in [0.15, 0.2) is 35.2 Å². The van der Waals surface area contributed by atoms with E-state index in [0.717, 1.165) is 11.1 Å². The van der Waals surface area contributed by atoms with Crippen LogP contribution in [0, 0.1) is 27.7 Å². The SMILES string of the molecule is Cc1cc(C)c([C@H](C)NC(=O)c2ccc(C)c(S(=O)(=O)N3CCOCC3)c2)cc1C. The Bertz CT molecular complexity index is 1060. The fourth-order valence-corrected chi connectivity index (χ4v) is 5.41. The number of morpholine rings is 1. The fraction of sp³-hybridized carbons (Fsp3) is 0.435. The Hall–Kier alpha value is -2.22. The van der Waals surface area contributed by atoms with Gasteiger partial charge in [-0.3, -0.25) is 4.79 Å². The van der Waals surface area contributed by atoms with Gasteiger partial charge in [-0.2, -0.15) is 4.31 Å². The lowest BCUT2D eigenvalue weighted by Crippen LogP contribution is -2.41. The zero-order valence-corrected chi connectivity index (χ0v) is 19.1. The average Bonchev–Trinajstić information content (AvgIpc) is 2.71. The highest BCUT2D eigenvalue weighted by Gasteiger charge is 2.28. The van der Waals surface area contributed by atoms with E-state index in [1.54, 1.807) is 19.1 Å². The van der Waals surface area contributed by atoms with Crippen LogP contribution in [0.2, 0.25) is 0 Å². The van der Waals surface area contributed by atoms with Crippen LogP contribution in [-0.2, 0) is 14.8 Å². The Morgan fingerprint density at radius 2 is 1.60 bits per heavy atom. The maximum absolute atomic E-state index is 13.1. The molecule has 30 heavy (non-hydrogen) atoms. The second kappa shape index (κ2) is 8.88. The molecule has 1 amide bonds. The molecule has 1 heterocycles. The Balaban J connectivity index is 1.85. The first-order valence-electron chi connectivity index (χ1n) is 10.2. The van der Waals surface area contributed by atoms with E-state index < -0.39 is 10.0 Å². The van der Waals surface area contributed by atoms with E-state index in [1.807, 2.05) is 13.8 Å². The number of aryl methyl sites for hydroxylation is 4. The zero-order valence-electron chi connectivity index (χ0n) is 18.3. The van der Waals surface area contributed by atoms with Crippen LogP contribution in [0.25, 0.3) is 0 Å². The number of sulfonamides is 1. The van der Waals surface area contributed by atoms with Crippen LogP contribution < -0.4 is 5.32 Å². The van der Waals surface area contributed by atoms with Crippen molar-refractivity contribution in [2.45, 2.75) is 45.6 Å². The minimum atomic E-state index is -3.67. The number of hydrogen-bond acceptors (Lipinski definition) is 4. The van der Waals surface area contributed by atoms with E-state index >= 15 is 0 Å². The van der Waals surface area contributed by atoms with Gasteiger partial charge in [0.05, 0.1) is 24.2 Å². The van der Waals surface area contributed by atoms with Gasteiger partial charge in [0.2, 0.25) is 10.0 Å². The highest BCUT2D eigenvalue weighted by atomic mass is 32.2. The van der Waals surface area contributed by atoms with Crippen molar-refractivity contribution in [2.24, 2.45) is 0 Å². The number of ether oxygens (including phenoxy) is 1. The molecule has 0 aromatic heterocycles. The molecule has 0 aliphatic carbocycles. The molecule has 1 aliphatic heterocycles. The van der Waals surface area contributed by atoms with Crippen molar-refractivity contribution in [3.63, 3.8) is 0 Å². The Morgan fingerprint density at radius 1 is 0.967 bits per heavy atom. The number of amides is 1. The standard InChI is InChI=1S/C23H30N2O4S/c1-15-6-7-20(14-22(15)30(27,28)25-8-10-29-11-9-25)23(26)24-19(5)21-13-17(3)16(2)12-18(21)4/h6-7,12-14,19H,8-11H2,1-5H3,(H,24,26)/t19-/m0/s1. The van der Waals surface area contributed by atoms with Crippen molar-refractivity contribution in [2.75, 3.05) is 26.3 Å². The molecule has 0 saturated carbocycles.